The maximum atomic E-state index is 8.51. The van der Waals surface area contributed by atoms with Crippen molar-refractivity contribution in [1.82, 2.24) is 0 Å². The Bertz CT molecular complexity index is 355. The van der Waals surface area contributed by atoms with Gasteiger partial charge in [-0.05, 0) is 17.9 Å². The van der Waals surface area contributed by atoms with Crippen molar-refractivity contribution in [2.45, 2.75) is 6.92 Å². The average molecular weight is 236 g/mol. The molecule has 0 unspecified atom stereocenters. The van der Waals surface area contributed by atoms with Crippen LogP contribution in [0.2, 0.25) is 0 Å². The Morgan fingerprint density at radius 1 is 1.33 bits per heavy atom. The van der Waals surface area contributed by atoms with Crippen LogP contribution in [0.15, 0.2) is 35.3 Å². The molecule has 0 saturated carbocycles. The number of benzene rings is 1. The summed E-state index contributed by atoms with van der Waals surface area (Å²) in [5.41, 5.74) is 0.943. The van der Waals surface area contributed by atoms with Gasteiger partial charge in [0.2, 0.25) is 0 Å². The van der Waals surface area contributed by atoms with Gasteiger partial charge in [0, 0.05) is 0 Å². The summed E-state index contributed by atoms with van der Waals surface area (Å²) in [4.78, 5) is 4.48. The van der Waals surface area contributed by atoms with Gasteiger partial charge in [-0.25, -0.2) is 4.99 Å². The maximum Gasteiger partial charge on any atom is 0.131 e. The number of hydrogen-bond donors (Lipinski definition) is 0. The zero-order valence-corrected chi connectivity index (χ0v) is 10.1. The van der Waals surface area contributed by atoms with E-state index in [2.05, 4.69) is 18.0 Å². The molecule has 0 fully saturated rings. The summed E-state index contributed by atoms with van der Waals surface area (Å²) in [5, 5.41) is 8.51. The number of para-hydroxylation sites is 1. The van der Waals surface area contributed by atoms with Crippen molar-refractivity contribution in [3.8, 4) is 6.07 Å². The second kappa shape index (κ2) is 7.38. The van der Waals surface area contributed by atoms with E-state index in [0.29, 0.717) is 5.75 Å². The van der Waals surface area contributed by atoms with Crippen LogP contribution in [-0.4, -0.2) is 15.9 Å². The van der Waals surface area contributed by atoms with Gasteiger partial charge in [0.1, 0.15) is 4.38 Å². The lowest BCUT2D eigenvalue weighted by atomic mass is 10.3. The Morgan fingerprint density at radius 3 is 2.67 bits per heavy atom. The Balaban J connectivity index is 2.70. The molecule has 0 amide bonds. The standard InChI is InChI=1S/C11H12N2S2/c1-2-14-11(15-9-8-12)13-10-6-4-3-5-7-10/h3-7H,2,9H2,1H3. The molecule has 0 aliphatic rings. The predicted octanol–water partition coefficient (Wildman–Crippen LogP) is 3.68. The van der Waals surface area contributed by atoms with E-state index < -0.39 is 0 Å². The number of hydrogen-bond acceptors (Lipinski definition) is 4. The molecule has 0 heterocycles. The first kappa shape index (κ1) is 12.2. The zero-order chi connectivity index (χ0) is 10.9. The van der Waals surface area contributed by atoms with Crippen LogP contribution in [0.3, 0.4) is 0 Å². The van der Waals surface area contributed by atoms with Crippen molar-refractivity contribution in [2.75, 3.05) is 11.5 Å². The minimum absolute atomic E-state index is 0.457. The summed E-state index contributed by atoms with van der Waals surface area (Å²) in [6, 6.07) is 11.9. The van der Waals surface area contributed by atoms with E-state index in [1.165, 1.54) is 11.8 Å². The van der Waals surface area contributed by atoms with E-state index in [1.54, 1.807) is 11.8 Å². The van der Waals surface area contributed by atoms with Crippen LogP contribution in [0.25, 0.3) is 0 Å². The molecule has 15 heavy (non-hydrogen) atoms. The maximum absolute atomic E-state index is 8.51. The molecular weight excluding hydrogens is 224 g/mol. The van der Waals surface area contributed by atoms with Gasteiger partial charge in [-0.1, -0.05) is 48.6 Å². The summed E-state index contributed by atoms with van der Waals surface area (Å²) >= 11 is 3.17. The van der Waals surface area contributed by atoms with Crippen molar-refractivity contribution < 1.29 is 0 Å². The first-order valence-corrected chi connectivity index (χ1v) is 6.60. The third kappa shape index (κ3) is 4.91. The van der Waals surface area contributed by atoms with Crippen molar-refractivity contribution in [3.63, 3.8) is 0 Å². The fourth-order valence-electron chi connectivity index (χ4n) is 0.932. The third-order valence-corrected chi connectivity index (χ3v) is 3.45. The monoisotopic (exact) mass is 236 g/mol. The molecule has 0 aliphatic heterocycles. The summed E-state index contributed by atoms with van der Waals surface area (Å²) in [7, 11) is 0. The summed E-state index contributed by atoms with van der Waals surface area (Å²) in [5.74, 6) is 1.43. The normalized spacial score (nSPS) is 11.1. The van der Waals surface area contributed by atoms with Crippen molar-refractivity contribution in [1.29, 1.82) is 5.26 Å². The Hall–Kier alpha value is -0.920. The highest BCUT2D eigenvalue weighted by Crippen LogP contribution is 2.21. The lowest BCUT2D eigenvalue weighted by Gasteiger charge is -2.01. The fourth-order valence-corrected chi connectivity index (χ4v) is 2.57. The Kier molecular flexibility index (Phi) is 5.98. The fraction of sp³-hybridized carbons (Fsp3) is 0.273. The molecule has 78 valence electrons. The highest BCUT2D eigenvalue weighted by Gasteiger charge is 1.99. The number of nitrogens with zero attached hydrogens (tertiary/aromatic N) is 2. The number of nitriles is 1. The van der Waals surface area contributed by atoms with Crippen LogP contribution in [0, 0.1) is 11.3 Å². The van der Waals surface area contributed by atoms with Crippen molar-refractivity contribution >= 4 is 33.6 Å². The first-order chi connectivity index (χ1) is 7.36. The van der Waals surface area contributed by atoms with Gasteiger partial charge < -0.3 is 0 Å². The second-order valence-corrected chi connectivity index (χ2v) is 5.07. The second-order valence-electron chi connectivity index (χ2n) is 2.59. The number of rotatable bonds is 3. The molecule has 0 aromatic heterocycles. The molecule has 1 aromatic carbocycles. The molecule has 2 nitrogen and oxygen atoms in total. The molecule has 1 rings (SSSR count). The smallest absolute Gasteiger partial charge is 0.131 e. The third-order valence-electron chi connectivity index (χ3n) is 1.50. The van der Waals surface area contributed by atoms with Crippen LogP contribution in [-0.2, 0) is 0 Å². The van der Waals surface area contributed by atoms with Gasteiger partial charge in [0.25, 0.3) is 0 Å². The van der Waals surface area contributed by atoms with Crippen LogP contribution >= 0.6 is 23.5 Å². The largest absolute Gasteiger partial charge is 0.235 e. The van der Waals surface area contributed by atoms with Crippen LogP contribution in [0.5, 0.6) is 0 Å². The SMILES string of the molecule is CCSC(=Nc1ccccc1)SCC#N. The van der Waals surface area contributed by atoms with Gasteiger partial charge in [0.15, 0.2) is 0 Å². The van der Waals surface area contributed by atoms with E-state index in [9.17, 15) is 0 Å². The molecule has 0 radical (unpaired) electrons. The minimum Gasteiger partial charge on any atom is -0.235 e. The van der Waals surface area contributed by atoms with Gasteiger partial charge in [-0.2, -0.15) is 5.26 Å². The zero-order valence-electron chi connectivity index (χ0n) is 8.51. The van der Waals surface area contributed by atoms with E-state index in [-0.39, 0.29) is 0 Å². The topological polar surface area (TPSA) is 36.1 Å². The van der Waals surface area contributed by atoms with Gasteiger partial charge in [-0.15, -0.1) is 0 Å². The van der Waals surface area contributed by atoms with Crippen LogP contribution < -0.4 is 0 Å². The van der Waals surface area contributed by atoms with Crippen molar-refractivity contribution in [3.05, 3.63) is 30.3 Å². The molecule has 0 saturated heterocycles. The van der Waals surface area contributed by atoms with Gasteiger partial charge in [0.05, 0.1) is 17.5 Å². The van der Waals surface area contributed by atoms with Gasteiger partial charge in [-0.3, -0.25) is 0 Å². The van der Waals surface area contributed by atoms with Crippen LogP contribution in [0.4, 0.5) is 5.69 Å². The number of aliphatic imine (C=N–C) groups is 1. The van der Waals surface area contributed by atoms with E-state index in [1.807, 2.05) is 30.3 Å². The Labute approximate surface area is 98.8 Å². The molecule has 4 heteroatoms. The molecule has 0 atom stereocenters. The van der Waals surface area contributed by atoms with Gasteiger partial charge >= 0.3 is 0 Å². The molecular formula is C11H12N2S2. The molecule has 0 N–H and O–H groups in total. The first-order valence-electron chi connectivity index (χ1n) is 4.63. The predicted molar refractivity (Wildman–Crippen MR) is 69.7 cm³/mol. The van der Waals surface area contributed by atoms with E-state index >= 15 is 0 Å². The summed E-state index contributed by atoms with van der Waals surface area (Å²) < 4.78 is 0.963. The summed E-state index contributed by atoms with van der Waals surface area (Å²) in [6.07, 6.45) is 0. The quantitative estimate of drug-likeness (QED) is 0.593. The molecule has 1 aromatic rings. The minimum atomic E-state index is 0.457. The summed E-state index contributed by atoms with van der Waals surface area (Å²) in [6.45, 7) is 2.08. The molecule has 0 bridgehead atoms. The Morgan fingerprint density at radius 2 is 2.07 bits per heavy atom. The van der Waals surface area contributed by atoms with E-state index in [0.717, 1.165) is 15.8 Å². The highest BCUT2D eigenvalue weighted by molar-refractivity contribution is 8.38. The highest BCUT2D eigenvalue weighted by atomic mass is 32.2. The van der Waals surface area contributed by atoms with E-state index in [4.69, 9.17) is 5.26 Å². The number of thioether (sulfide) groups is 2. The lowest BCUT2D eigenvalue weighted by molar-refractivity contribution is 1.50. The van der Waals surface area contributed by atoms with Crippen molar-refractivity contribution in [2.24, 2.45) is 4.99 Å². The van der Waals surface area contributed by atoms with Crippen LogP contribution in [0.1, 0.15) is 6.92 Å². The average Bonchev–Trinajstić information content (AvgIpc) is 2.28. The molecule has 0 aliphatic carbocycles. The lowest BCUT2D eigenvalue weighted by Crippen LogP contribution is -1.87. The molecule has 0 spiro atoms.